The van der Waals surface area contributed by atoms with Crippen molar-refractivity contribution in [3.05, 3.63) is 35.9 Å². The molecule has 4 heteroatoms. The lowest BCUT2D eigenvalue weighted by atomic mass is 10.1. The monoisotopic (exact) mass is 306 g/mol. The van der Waals surface area contributed by atoms with Crippen LogP contribution in [0, 0.1) is 0 Å². The van der Waals surface area contributed by atoms with Gasteiger partial charge in [0.05, 0.1) is 6.04 Å². The van der Waals surface area contributed by atoms with E-state index in [1.807, 2.05) is 17.8 Å². The lowest BCUT2D eigenvalue weighted by Crippen LogP contribution is -2.40. The van der Waals surface area contributed by atoms with Crippen molar-refractivity contribution in [2.75, 3.05) is 24.6 Å². The minimum Gasteiger partial charge on any atom is -0.334 e. The third-order valence-electron chi connectivity index (χ3n) is 3.98. The van der Waals surface area contributed by atoms with Crippen LogP contribution in [0.1, 0.15) is 43.7 Å². The number of nitrogens with zero attached hydrogens (tertiary/aromatic N) is 1. The number of amides is 1. The van der Waals surface area contributed by atoms with Crippen molar-refractivity contribution in [2.24, 2.45) is 5.73 Å². The minimum atomic E-state index is 0.251. The van der Waals surface area contributed by atoms with Gasteiger partial charge in [0.15, 0.2) is 0 Å². The van der Waals surface area contributed by atoms with Crippen molar-refractivity contribution in [1.82, 2.24) is 4.90 Å². The lowest BCUT2D eigenvalue weighted by molar-refractivity contribution is -0.133. The summed E-state index contributed by atoms with van der Waals surface area (Å²) in [5.41, 5.74) is 6.76. The molecule has 1 amide bonds. The van der Waals surface area contributed by atoms with Gasteiger partial charge in [-0.3, -0.25) is 4.79 Å². The van der Waals surface area contributed by atoms with Gasteiger partial charge >= 0.3 is 0 Å². The molecule has 116 valence electrons. The Morgan fingerprint density at radius 3 is 2.71 bits per heavy atom. The van der Waals surface area contributed by atoms with E-state index in [9.17, 15) is 4.79 Å². The van der Waals surface area contributed by atoms with E-state index in [0.29, 0.717) is 12.3 Å². The Morgan fingerprint density at radius 1 is 1.19 bits per heavy atom. The fraction of sp³-hybridized carbons (Fsp3) is 0.588. The molecule has 1 saturated heterocycles. The first-order valence-corrected chi connectivity index (χ1v) is 9.10. The van der Waals surface area contributed by atoms with Gasteiger partial charge in [0.2, 0.25) is 5.91 Å². The van der Waals surface area contributed by atoms with E-state index in [2.05, 4.69) is 29.2 Å². The topological polar surface area (TPSA) is 46.3 Å². The average Bonchev–Trinajstić information content (AvgIpc) is 2.55. The maximum Gasteiger partial charge on any atom is 0.223 e. The summed E-state index contributed by atoms with van der Waals surface area (Å²) in [4.78, 5) is 14.6. The largest absolute Gasteiger partial charge is 0.334 e. The second-order valence-corrected chi connectivity index (χ2v) is 6.69. The maximum absolute atomic E-state index is 12.5. The zero-order valence-corrected chi connectivity index (χ0v) is 13.5. The van der Waals surface area contributed by atoms with Gasteiger partial charge in [-0.15, -0.1) is 0 Å². The van der Waals surface area contributed by atoms with Crippen LogP contribution in [0.2, 0.25) is 0 Å². The van der Waals surface area contributed by atoms with E-state index in [4.69, 9.17) is 5.73 Å². The molecule has 2 rings (SSSR count). The van der Waals surface area contributed by atoms with Crippen LogP contribution < -0.4 is 5.73 Å². The van der Waals surface area contributed by atoms with E-state index in [-0.39, 0.29) is 6.04 Å². The molecule has 3 nitrogen and oxygen atoms in total. The zero-order valence-electron chi connectivity index (χ0n) is 12.7. The van der Waals surface area contributed by atoms with Crippen LogP contribution in [-0.2, 0) is 4.79 Å². The number of hydrogen-bond donors (Lipinski definition) is 1. The Hall–Kier alpha value is -1.00. The van der Waals surface area contributed by atoms with Gasteiger partial charge in [-0.2, -0.15) is 11.8 Å². The van der Waals surface area contributed by atoms with E-state index >= 15 is 0 Å². The van der Waals surface area contributed by atoms with Crippen LogP contribution in [0.25, 0.3) is 0 Å². The van der Waals surface area contributed by atoms with Crippen molar-refractivity contribution in [3.8, 4) is 0 Å². The summed E-state index contributed by atoms with van der Waals surface area (Å²) < 4.78 is 0. The van der Waals surface area contributed by atoms with Crippen molar-refractivity contribution in [2.45, 2.75) is 38.1 Å². The normalized spacial score (nSPS) is 18.7. The Balaban J connectivity index is 1.88. The maximum atomic E-state index is 12.5. The van der Waals surface area contributed by atoms with Gasteiger partial charge in [0, 0.05) is 24.5 Å². The van der Waals surface area contributed by atoms with Gasteiger partial charge in [-0.1, -0.05) is 43.2 Å². The van der Waals surface area contributed by atoms with Gasteiger partial charge < -0.3 is 10.6 Å². The van der Waals surface area contributed by atoms with Crippen molar-refractivity contribution >= 4 is 17.7 Å². The van der Waals surface area contributed by atoms with Gasteiger partial charge in [-0.05, 0) is 24.9 Å². The molecule has 2 N–H and O–H groups in total. The van der Waals surface area contributed by atoms with Gasteiger partial charge in [0.1, 0.15) is 0 Å². The molecule has 0 saturated carbocycles. The van der Waals surface area contributed by atoms with E-state index < -0.39 is 0 Å². The summed E-state index contributed by atoms with van der Waals surface area (Å²) in [5, 5.41) is 0. The summed E-state index contributed by atoms with van der Waals surface area (Å²) in [7, 11) is 0. The molecule has 1 aromatic carbocycles. The Kier molecular flexibility index (Phi) is 7.10. The van der Waals surface area contributed by atoms with Crippen LogP contribution in [0.4, 0.5) is 0 Å². The molecule has 1 aromatic rings. The minimum absolute atomic E-state index is 0.251. The molecule has 0 aromatic heterocycles. The molecule has 21 heavy (non-hydrogen) atoms. The molecular formula is C17H26N2OS. The molecule has 1 atom stereocenters. The smallest absolute Gasteiger partial charge is 0.223 e. The Labute approximate surface area is 132 Å². The van der Waals surface area contributed by atoms with Crippen molar-refractivity contribution < 1.29 is 4.79 Å². The zero-order chi connectivity index (χ0) is 14.9. The molecule has 1 unspecified atom stereocenters. The molecule has 0 spiro atoms. The van der Waals surface area contributed by atoms with Crippen LogP contribution >= 0.6 is 11.8 Å². The van der Waals surface area contributed by atoms with Crippen LogP contribution in [-0.4, -0.2) is 35.4 Å². The van der Waals surface area contributed by atoms with E-state index in [1.54, 1.807) is 0 Å². The fourth-order valence-corrected chi connectivity index (χ4v) is 3.86. The van der Waals surface area contributed by atoms with E-state index in [0.717, 1.165) is 50.3 Å². The van der Waals surface area contributed by atoms with Crippen molar-refractivity contribution in [3.63, 3.8) is 0 Å². The summed E-state index contributed by atoms with van der Waals surface area (Å²) in [6.07, 6.45) is 4.99. The summed E-state index contributed by atoms with van der Waals surface area (Å²) >= 11 is 1.95. The van der Waals surface area contributed by atoms with Crippen LogP contribution in [0.3, 0.4) is 0 Å². The number of thioether (sulfide) groups is 1. The highest BCUT2D eigenvalue weighted by Crippen LogP contribution is 2.30. The van der Waals surface area contributed by atoms with Crippen LogP contribution in [0.5, 0.6) is 0 Å². The third-order valence-corrected chi connectivity index (χ3v) is 5.00. The second kappa shape index (κ2) is 9.11. The molecule has 0 bridgehead atoms. The standard InChI is InChI=1S/C17H26N2OS/c18-11-7-2-1-6-10-17(20)19-12-13-21-14-16(19)15-8-4-3-5-9-15/h3-5,8-9,16H,1-2,6-7,10-14,18H2. The molecular weight excluding hydrogens is 280 g/mol. The first-order chi connectivity index (χ1) is 10.3. The highest BCUT2D eigenvalue weighted by Gasteiger charge is 2.27. The second-order valence-electron chi connectivity index (χ2n) is 5.54. The number of nitrogens with two attached hydrogens (primary N) is 1. The molecule has 1 aliphatic heterocycles. The first kappa shape index (κ1) is 16.4. The molecule has 1 heterocycles. The molecule has 1 fully saturated rings. The van der Waals surface area contributed by atoms with Crippen molar-refractivity contribution in [1.29, 1.82) is 0 Å². The highest BCUT2D eigenvalue weighted by atomic mass is 32.2. The Morgan fingerprint density at radius 2 is 1.95 bits per heavy atom. The average molecular weight is 306 g/mol. The number of carbonyl (C=O) groups excluding carboxylic acids is 1. The number of unbranched alkanes of at least 4 members (excludes halogenated alkanes) is 3. The molecule has 0 radical (unpaired) electrons. The predicted octanol–water partition coefficient (Wildman–Crippen LogP) is 3.21. The Bertz CT molecular complexity index is 424. The van der Waals surface area contributed by atoms with Gasteiger partial charge in [0.25, 0.3) is 0 Å². The van der Waals surface area contributed by atoms with Crippen LogP contribution in [0.15, 0.2) is 30.3 Å². The quantitative estimate of drug-likeness (QED) is 0.787. The SMILES string of the molecule is NCCCCCCC(=O)N1CCSCC1c1ccccc1. The first-order valence-electron chi connectivity index (χ1n) is 7.95. The number of hydrogen-bond acceptors (Lipinski definition) is 3. The molecule has 1 aliphatic rings. The number of rotatable bonds is 7. The summed E-state index contributed by atoms with van der Waals surface area (Å²) in [6, 6.07) is 10.7. The number of carbonyl (C=O) groups is 1. The lowest BCUT2D eigenvalue weighted by Gasteiger charge is -2.36. The predicted molar refractivity (Wildman–Crippen MR) is 90.4 cm³/mol. The summed E-state index contributed by atoms with van der Waals surface area (Å²) in [5.74, 6) is 2.39. The third kappa shape index (κ3) is 5.04. The number of benzene rings is 1. The summed E-state index contributed by atoms with van der Waals surface area (Å²) in [6.45, 7) is 1.64. The fourth-order valence-electron chi connectivity index (χ4n) is 2.77. The van der Waals surface area contributed by atoms with Gasteiger partial charge in [-0.25, -0.2) is 0 Å². The molecule has 0 aliphatic carbocycles. The highest BCUT2D eigenvalue weighted by molar-refractivity contribution is 7.99. The van der Waals surface area contributed by atoms with E-state index in [1.165, 1.54) is 5.56 Å².